The maximum atomic E-state index is 12.7. The summed E-state index contributed by atoms with van der Waals surface area (Å²) in [6.07, 6.45) is -5.92. The summed E-state index contributed by atoms with van der Waals surface area (Å²) in [5.74, 6) is -3.32. The summed E-state index contributed by atoms with van der Waals surface area (Å²) in [5.41, 5.74) is 3.61. The number of halogens is 3. The third-order valence-electron chi connectivity index (χ3n) is 2.86. The van der Waals surface area contributed by atoms with Crippen LogP contribution < -0.4 is 10.9 Å². The van der Waals surface area contributed by atoms with Crippen LogP contribution in [0.1, 0.15) is 48.5 Å². The molecule has 0 aliphatic heterocycles. The highest BCUT2D eigenvalue weighted by molar-refractivity contribution is 5.86. The van der Waals surface area contributed by atoms with Gasteiger partial charge in [-0.05, 0) is 32.6 Å². The fourth-order valence-electron chi connectivity index (χ4n) is 2.08. The van der Waals surface area contributed by atoms with Crippen LogP contribution in [0.3, 0.4) is 0 Å². The Morgan fingerprint density at radius 2 is 1.43 bits per heavy atom. The Morgan fingerprint density at radius 3 is 1.82 bits per heavy atom. The summed E-state index contributed by atoms with van der Waals surface area (Å²) in [4.78, 5) is 35.7. The van der Waals surface area contributed by atoms with Gasteiger partial charge in [0.1, 0.15) is 5.60 Å². The Balaban J connectivity index is 5.11. The summed E-state index contributed by atoms with van der Waals surface area (Å²) < 4.78 is 43.3. The first-order valence-corrected chi connectivity index (χ1v) is 8.94. The largest absolute Gasteiger partial charge is 0.473 e. The predicted molar refractivity (Wildman–Crippen MR) is 96.5 cm³/mol. The highest BCUT2D eigenvalue weighted by atomic mass is 19.4. The lowest BCUT2D eigenvalue weighted by Crippen LogP contribution is -2.56. The summed E-state index contributed by atoms with van der Waals surface area (Å²) in [7, 11) is 0. The highest BCUT2D eigenvalue weighted by Gasteiger charge is 2.43. The third-order valence-corrected chi connectivity index (χ3v) is 2.86. The molecule has 28 heavy (non-hydrogen) atoms. The van der Waals surface area contributed by atoms with Crippen LogP contribution in [0.15, 0.2) is 0 Å². The van der Waals surface area contributed by atoms with Gasteiger partial charge in [-0.1, -0.05) is 27.7 Å². The molecule has 0 unspecified atom stereocenters. The number of carbonyl (C=O) groups excluding carboxylic acids is 3. The molecule has 0 fully saturated rings. The molecule has 8 nitrogen and oxygen atoms in total. The number of alkyl halides is 3. The Bertz CT molecular complexity index is 546. The minimum absolute atomic E-state index is 0.0336. The summed E-state index contributed by atoms with van der Waals surface area (Å²) in [6, 6.07) is 0. The minimum atomic E-state index is -5.12. The summed E-state index contributed by atoms with van der Waals surface area (Å²) in [6.45, 7) is 11.3. The van der Waals surface area contributed by atoms with E-state index in [-0.39, 0.29) is 29.9 Å². The van der Waals surface area contributed by atoms with Crippen molar-refractivity contribution in [2.45, 2.75) is 60.2 Å². The molecular weight excluding hydrogens is 381 g/mol. The second-order valence-electron chi connectivity index (χ2n) is 8.23. The molecule has 0 aliphatic rings. The average Bonchev–Trinajstić information content (AvgIpc) is 2.40. The lowest BCUT2D eigenvalue weighted by atomic mass is 10.2. The molecule has 2 N–H and O–H groups in total. The Labute approximate surface area is 163 Å². The third kappa shape index (κ3) is 11.6. The van der Waals surface area contributed by atoms with Crippen molar-refractivity contribution >= 4 is 17.9 Å². The van der Waals surface area contributed by atoms with Crippen molar-refractivity contribution in [3.63, 3.8) is 0 Å². The van der Waals surface area contributed by atoms with Crippen LogP contribution in [0.25, 0.3) is 0 Å². The number of amides is 3. The smallest absolute Gasteiger partial charge is 0.443 e. The van der Waals surface area contributed by atoms with E-state index >= 15 is 0 Å². The van der Waals surface area contributed by atoms with Gasteiger partial charge in [0.25, 0.3) is 5.91 Å². The topological polar surface area (TPSA) is 91.0 Å². The summed E-state index contributed by atoms with van der Waals surface area (Å²) in [5, 5.41) is 1.47. The van der Waals surface area contributed by atoms with E-state index < -0.39 is 36.2 Å². The molecule has 0 aromatic heterocycles. The fourth-order valence-corrected chi connectivity index (χ4v) is 2.08. The van der Waals surface area contributed by atoms with Crippen molar-refractivity contribution in [1.82, 2.24) is 20.9 Å². The van der Waals surface area contributed by atoms with Crippen molar-refractivity contribution in [3.05, 3.63) is 0 Å². The van der Waals surface area contributed by atoms with Crippen LogP contribution in [-0.2, 0) is 14.3 Å². The molecule has 11 heteroatoms. The molecule has 164 valence electrons. The summed E-state index contributed by atoms with van der Waals surface area (Å²) >= 11 is 0. The van der Waals surface area contributed by atoms with Crippen molar-refractivity contribution < 1.29 is 32.3 Å². The first-order chi connectivity index (χ1) is 12.5. The van der Waals surface area contributed by atoms with Gasteiger partial charge in [-0.25, -0.2) is 14.8 Å². The number of nitrogens with one attached hydrogen (secondary N) is 2. The van der Waals surface area contributed by atoms with Crippen molar-refractivity contribution in [2.24, 2.45) is 11.8 Å². The SMILES string of the molecule is CC(C)CN(CC(=O)NN(CC(C)C)C(=O)C(F)(F)F)NC(=O)OC(C)(C)C. The van der Waals surface area contributed by atoms with E-state index in [9.17, 15) is 27.6 Å². The molecule has 0 aromatic rings. The number of nitrogens with zero attached hydrogens (tertiary/aromatic N) is 2. The van der Waals surface area contributed by atoms with E-state index in [0.717, 1.165) is 0 Å². The monoisotopic (exact) mass is 412 g/mol. The van der Waals surface area contributed by atoms with Gasteiger partial charge in [0.05, 0.1) is 6.54 Å². The predicted octanol–water partition coefficient (Wildman–Crippen LogP) is 2.46. The lowest BCUT2D eigenvalue weighted by molar-refractivity contribution is -0.190. The molecular formula is C17H31F3N4O4. The number of ether oxygens (including phenoxy) is 1. The van der Waals surface area contributed by atoms with Crippen LogP contribution >= 0.6 is 0 Å². The molecule has 0 aliphatic carbocycles. The van der Waals surface area contributed by atoms with Crippen LogP contribution in [0.5, 0.6) is 0 Å². The fraction of sp³-hybridized carbons (Fsp3) is 0.824. The Morgan fingerprint density at radius 1 is 0.929 bits per heavy atom. The number of hydrogen-bond donors (Lipinski definition) is 2. The van der Waals surface area contributed by atoms with Gasteiger partial charge in [0.15, 0.2) is 0 Å². The van der Waals surface area contributed by atoms with Crippen molar-refractivity contribution in [1.29, 1.82) is 0 Å². The van der Waals surface area contributed by atoms with Crippen molar-refractivity contribution in [3.8, 4) is 0 Å². The van der Waals surface area contributed by atoms with Crippen LogP contribution in [0.2, 0.25) is 0 Å². The molecule has 0 saturated carbocycles. The molecule has 0 atom stereocenters. The maximum Gasteiger partial charge on any atom is 0.473 e. The highest BCUT2D eigenvalue weighted by Crippen LogP contribution is 2.18. The minimum Gasteiger partial charge on any atom is -0.443 e. The zero-order valence-electron chi connectivity index (χ0n) is 17.4. The van der Waals surface area contributed by atoms with Gasteiger partial charge in [-0.2, -0.15) is 13.2 Å². The molecule has 0 bridgehead atoms. The van der Waals surface area contributed by atoms with Gasteiger partial charge < -0.3 is 4.74 Å². The molecule has 0 saturated heterocycles. The molecule has 0 aromatic carbocycles. The van der Waals surface area contributed by atoms with E-state index in [1.165, 1.54) is 5.01 Å². The van der Waals surface area contributed by atoms with E-state index in [1.54, 1.807) is 34.6 Å². The molecule has 3 amide bonds. The first-order valence-electron chi connectivity index (χ1n) is 8.94. The van der Waals surface area contributed by atoms with Crippen LogP contribution in [0.4, 0.5) is 18.0 Å². The second-order valence-corrected chi connectivity index (χ2v) is 8.23. The lowest BCUT2D eigenvalue weighted by Gasteiger charge is -2.29. The van der Waals surface area contributed by atoms with E-state index in [2.05, 4.69) is 5.43 Å². The normalized spacial score (nSPS) is 12.3. The molecule has 0 spiro atoms. The zero-order chi connectivity index (χ0) is 22.3. The van der Waals surface area contributed by atoms with Gasteiger partial charge in [-0.3, -0.25) is 20.4 Å². The van der Waals surface area contributed by atoms with Gasteiger partial charge >= 0.3 is 18.2 Å². The van der Waals surface area contributed by atoms with Gasteiger partial charge in [-0.15, -0.1) is 0 Å². The number of rotatable bonds is 7. The number of carbonyl (C=O) groups is 3. The van der Waals surface area contributed by atoms with Gasteiger partial charge in [0, 0.05) is 13.1 Å². The number of hydrogen-bond acceptors (Lipinski definition) is 5. The van der Waals surface area contributed by atoms with Gasteiger partial charge in [0.2, 0.25) is 0 Å². The second kappa shape index (κ2) is 10.5. The van der Waals surface area contributed by atoms with Crippen LogP contribution in [0, 0.1) is 11.8 Å². The van der Waals surface area contributed by atoms with E-state index in [1.807, 2.05) is 19.3 Å². The van der Waals surface area contributed by atoms with Crippen molar-refractivity contribution in [2.75, 3.05) is 19.6 Å². The number of hydrazine groups is 2. The first kappa shape index (κ1) is 26.0. The maximum absolute atomic E-state index is 12.7. The quantitative estimate of drug-likeness (QED) is 0.627. The van der Waals surface area contributed by atoms with Crippen LogP contribution in [-0.4, -0.2) is 59.3 Å². The molecule has 0 radical (unpaired) electrons. The Kier molecular flexibility index (Phi) is 9.73. The standard InChI is InChI=1S/C17H31F3N4O4/c1-11(2)8-23(22-15(27)28-16(5,6)7)10-13(25)21-24(9-12(3)4)14(26)17(18,19)20/h11-12H,8-10H2,1-7H3,(H,21,25)(H,22,27). The zero-order valence-corrected chi connectivity index (χ0v) is 17.4. The Hall–Kier alpha value is -2.04. The van der Waals surface area contributed by atoms with E-state index in [0.29, 0.717) is 0 Å². The molecule has 0 heterocycles. The molecule has 0 rings (SSSR count). The van der Waals surface area contributed by atoms with E-state index in [4.69, 9.17) is 4.74 Å². The average molecular weight is 412 g/mol.